The number of rotatable bonds is 3. The minimum Gasteiger partial charge on any atom is -0.357 e. The summed E-state index contributed by atoms with van der Waals surface area (Å²) in [7, 11) is 0. The largest absolute Gasteiger partial charge is 0.357 e. The second kappa shape index (κ2) is 5.64. The Morgan fingerprint density at radius 3 is 2.84 bits per heavy atom. The van der Waals surface area contributed by atoms with Crippen molar-refractivity contribution in [2.24, 2.45) is 4.99 Å². The van der Waals surface area contributed by atoms with Crippen molar-refractivity contribution in [3.8, 4) is 0 Å². The van der Waals surface area contributed by atoms with Gasteiger partial charge < -0.3 is 10.2 Å². The molecule has 19 heavy (non-hydrogen) atoms. The zero-order valence-corrected chi connectivity index (χ0v) is 11.7. The molecule has 0 aromatic heterocycles. The van der Waals surface area contributed by atoms with Crippen molar-refractivity contribution >= 4 is 5.96 Å². The minimum atomic E-state index is 0.632. The van der Waals surface area contributed by atoms with E-state index < -0.39 is 0 Å². The van der Waals surface area contributed by atoms with Crippen LogP contribution in [0.15, 0.2) is 29.3 Å². The average molecular weight is 257 g/mol. The van der Waals surface area contributed by atoms with Gasteiger partial charge in [0.1, 0.15) is 0 Å². The number of aliphatic imine (C=N–C) groups is 1. The third-order valence-corrected chi connectivity index (χ3v) is 4.16. The molecule has 2 aliphatic rings. The summed E-state index contributed by atoms with van der Waals surface area (Å²) < 4.78 is 0. The van der Waals surface area contributed by atoms with Gasteiger partial charge in [-0.15, -0.1) is 0 Å². The Labute approximate surface area is 115 Å². The van der Waals surface area contributed by atoms with Gasteiger partial charge >= 0.3 is 0 Å². The fraction of sp³-hybridized carbons (Fsp3) is 0.562. The molecule has 0 amide bonds. The third kappa shape index (κ3) is 2.60. The second-order valence-electron chi connectivity index (χ2n) is 5.49. The maximum Gasteiger partial charge on any atom is 0.193 e. The third-order valence-electron chi connectivity index (χ3n) is 4.16. The van der Waals surface area contributed by atoms with E-state index in [1.807, 2.05) is 0 Å². The van der Waals surface area contributed by atoms with Gasteiger partial charge in [0.2, 0.25) is 0 Å². The molecule has 1 N–H and O–H groups in total. The molecule has 1 atom stereocenters. The van der Waals surface area contributed by atoms with Gasteiger partial charge in [-0.1, -0.05) is 24.3 Å². The Morgan fingerprint density at radius 1 is 1.32 bits per heavy atom. The van der Waals surface area contributed by atoms with Gasteiger partial charge in [-0.05, 0) is 37.3 Å². The maximum atomic E-state index is 4.85. The highest BCUT2D eigenvalue weighted by Gasteiger charge is 2.25. The van der Waals surface area contributed by atoms with Crippen LogP contribution in [-0.4, -0.2) is 37.0 Å². The molecule has 1 aliphatic carbocycles. The molecule has 0 bridgehead atoms. The predicted octanol–water partition coefficient (Wildman–Crippen LogP) is 2.39. The summed E-state index contributed by atoms with van der Waals surface area (Å²) in [4.78, 5) is 7.24. The highest BCUT2D eigenvalue weighted by Crippen LogP contribution is 2.34. The topological polar surface area (TPSA) is 27.6 Å². The fourth-order valence-electron chi connectivity index (χ4n) is 3.08. The molecular weight excluding hydrogens is 234 g/mol. The van der Waals surface area contributed by atoms with Crippen molar-refractivity contribution in [2.45, 2.75) is 32.1 Å². The second-order valence-corrected chi connectivity index (χ2v) is 5.49. The zero-order valence-electron chi connectivity index (χ0n) is 11.7. The van der Waals surface area contributed by atoms with E-state index in [0.29, 0.717) is 5.92 Å². The molecule has 1 heterocycles. The van der Waals surface area contributed by atoms with Crippen LogP contribution < -0.4 is 5.32 Å². The lowest BCUT2D eigenvalue weighted by Gasteiger charge is -2.29. The number of hydrogen-bond donors (Lipinski definition) is 1. The first-order chi connectivity index (χ1) is 9.38. The first kappa shape index (κ1) is 12.5. The van der Waals surface area contributed by atoms with Crippen LogP contribution in [0.3, 0.4) is 0 Å². The summed E-state index contributed by atoms with van der Waals surface area (Å²) in [5.41, 5.74) is 3.01. The first-order valence-electron chi connectivity index (χ1n) is 7.49. The van der Waals surface area contributed by atoms with E-state index in [2.05, 4.69) is 41.4 Å². The normalized spacial score (nSPS) is 22.1. The van der Waals surface area contributed by atoms with Crippen molar-refractivity contribution in [3.05, 3.63) is 35.4 Å². The lowest BCUT2D eigenvalue weighted by atomic mass is 9.78. The van der Waals surface area contributed by atoms with Crippen LogP contribution in [0.5, 0.6) is 0 Å². The molecule has 1 unspecified atom stereocenters. The quantitative estimate of drug-likeness (QED) is 0.665. The minimum absolute atomic E-state index is 0.632. The van der Waals surface area contributed by atoms with Crippen molar-refractivity contribution < 1.29 is 0 Å². The number of likely N-dealkylation sites (tertiary alicyclic amines) is 1. The van der Waals surface area contributed by atoms with E-state index in [4.69, 9.17) is 4.99 Å². The van der Waals surface area contributed by atoms with Gasteiger partial charge in [0.05, 0.1) is 0 Å². The Balaban J connectivity index is 1.64. The van der Waals surface area contributed by atoms with Gasteiger partial charge in [0, 0.05) is 32.1 Å². The number of guanidine groups is 1. The van der Waals surface area contributed by atoms with Gasteiger partial charge in [-0.3, -0.25) is 4.99 Å². The molecule has 1 aromatic rings. The van der Waals surface area contributed by atoms with Crippen LogP contribution in [0.25, 0.3) is 0 Å². The molecule has 102 valence electrons. The van der Waals surface area contributed by atoms with Gasteiger partial charge in [-0.25, -0.2) is 0 Å². The van der Waals surface area contributed by atoms with Crippen LogP contribution in [0.1, 0.15) is 36.8 Å². The van der Waals surface area contributed by atoms with Crippen LogP contribution in [-0.2, 0) is 6.42 Å². The number of nitrogens with one attached hydrogen (secondary N) is 1. The van der Waals surface area contributed by atoms with E-state index in [9.17, 15) is 0 Å². The Kier molecular flexibility index (Phi) is 3.72. The van der Waals surface area contributed by atoms with E-state index in [1.165, 1.54) is 30.4 Å². The predicted molar refractivity (Wildman–Crippen MR) is 79.7 cm³/mol. The van der Waals surface area contributed by atoms with Crippen LogP contribution in [0.4, 0.5) is 0 Å². The molecule has 0 saturated carbocycles. The summed E-state index contributed by atoms with van der Waals surface area (Å²) in [5, 5.41) is 3.43. The van der Waals surface area contributed by atoms with E-state index in [1.54, 1.807) is 0 Å². The molecular formula is C16H23N3. The maximum absolute atomic E-state index is 4.85. The molecule has 3 heteroatoms. The summed E-state index contributed by atoms with van der Waals surface area (Å²) >= 11 is 0. The van der Waals surface area contributed by atoms with Gasteiger partial charge in [0.25, 0.3) is 0 Å². The number of nitrogens with zero attached hydrogens (tertiary/aromatic N) is 2. The molecule has 3 nitrogen and oxygen atoms in total. The molecule has 1 fully saturated rings. The summed E-state index contributed by atoms with van der Waals surface area (Å²) in [6.45, 7) is 6.34. The summed E-state index contributed by atoms with van der Waals surface area (Å²) in [5.74, 6) is 1.75. The van der Waals surface area contributed by atoms with Crippen molar-refractivity contribution in [3.63, 3.8) is 0 Å². The van der Waals surface area contributed by atoms with Crippen molar-refractivity contribution in [2.75, 3.05) is 26.2 Å². The van der Waals surface area contributed by atoms with E-state index in [0.717, 1.165) is 32.1 Å². The van der Waals surface area contributed by atoms with Crippen molar-refractivity contribution in [1.29, 1.82) is 0 Å². The lowest BCUT2D eigenvalue weighted by molar-refractivity contribution is 0.489. The standard InChI is InChI=1S/C16H23N3/c1-2-17-16(19-9-5-6-10-19)18-12-14-11-13-7-3-4-8-15(13)14/h3-4,7-8,14H,2,5-6,9-12H2,1H3,(H,17,18). The van der Waals surface area contributed by atoms with Crippen molar-refractivity contribution in [1.82, 2.24) is 10.2 Å². The molecule has 1 saturated heterocycles. The number of benzene rings is 1. The van der Waals surface area contributed by atoms with Crippen LogP contribution >= 0.6 is 0 Å². The zero-order chi connectivity index (χ0) is 13.1. The van der Waals surface area contributed by atoms with Crippen LogP contribution in [0.2, 0.25) is 0 Å². The highest BCUT2D eigenvalue weighted by molar-refractivity contribution is 5.80. The monoisotopic (exact) mass is 257 g/mol. The van der Waals surface area contributed by atoms with Gasteiger partial charge in [-0.2, -0.15) is 0 Å². The fourth-order valence-corrected chi connectivity index (χ4v) is 3.08. The SMILES string of the molecule is CCNC(=NCC1Cc2ccccc21)N1CCCC1. The Bertz CT molecular complexity index is 461. The van der Waals surface area contributed by atoms with Gasteiger partial charge in [0.15, 0.2) is 5.96 Å². The number of fused-ring (bicyclic) bond motifs is 1. The number of hydrogen-bond acceptors (Lipinski definition) is 1. The molecule has 0 radical (unpaired) electrons. The smallest absolute Gasteiger partial charge is 0.193 e. The molecule has 3 rings (SSSR count). The Morgan fingerprint density at radius 2 is 2.11 bits per heavy atom. The summed E-state index contributed by atoms with van der Waals surface area (Å²) in [6, 6.07) is 8.76. The Hall–Kier alpha value is -1.51. The summed E-state index contributed by atoms with van der Waals surface area (Å²) in [6.07, 6.45) is 3.80. The highest BCUT2D eigenvalue weighted by atomic mass is 15.3. The average Bonchev–Trinajstić information content (AvgIpc) is 2.92. The first-order valence-corrected chi connectivity index (χ1v) is 7.49. The molecule has 1 aliphatic heterocycles. The van der Waals surface area contributed by atoms with Crippen LogP contribution in [0, 0.1) is 0 Å². The molecule has 0 spiro atoms. The van der Waals surface area contributed by atoms with E-state index >= 15 is 0 Å². The molecule has 1 aromatic carbocycles. The van der Waals surface area contributed by atoms with E-state index in [-0.39, 0.29) is 0 Å². The lowest BCUT2D eigenvalue weighted by Crippen LogP contribution is -2.40.